The molecule has 0 aliphatic carbocycles. The van der Waals surface area contributed by atoms with Crippen LogP contribution in [0, 0.1) is 23.4 Å². The maximum absolute atomic E-state index is 15.7. The van der Waals surface area contributed by atoms with Crippen molar-refractivity contribution in [2.75, 3.05) is 65.9 Å². The Morgan fingerprint density at radius 2 is 1.05 bits per heavy atom. The van der Waals surface area contributed by atoms with E-state index >= 15 is 42.3 Å². The molecule has 39 heteroatoms. The normalized spacial score (nSPS) is 22.6. The highest BCUT2D eigenvalue weighted by Gasteiger charge is 2.45. The average molecular weight is 1850 g/mol. The van der Waals surface area contributed by atoms with Crippen LogP contribution >= 0.6 is 11.8 Å². The van der Waals surface area contributed by atoms with Gasteiger partial charge in [-0.25, -0.2) is 13.2 Å². The molecule has 0 unspecified atom stereocenters. The quantitative estimate of drug-likeness (QED) is 0.0323. The van der Waals surface area contributed by atoms with Gasteiger partial charge in [0.05, 0.1) is 18.8 Å². The van der Waals surface area contributed by atoms with Gasteiger partial charge >= 0.3 is 0 Å². The van der Waals surface area contributed by atoms with Gasteiger partial charge in [0, 0.05) is 96.1 Å². The average Bonchev–Trinajstić information content (AvgIpc) is 1.49. The van der Waals surface area contributed by atoms with E-state index in [9.17, 15) is 57.8 Å². The minimum absolute atomic E-state index is 0.000126. The van der Waals surface area contributed by atoms with Crippen molar-refractivity contribution in [3.8, 4) is 11.5 Å². The number of H-pyrrole nitrogens is 1. The number of aromatic hydroxyl groups is 2. The molecule has 2 saturated heterocycles. The third kappa shape index (κ3) is 28.8. The molecule has 2 aliphatic heterocycles. The molecule has 12 atom stereocenters. The summed E-state index contributed by atoms with van der Waals surface area (Å²) in [5.41, 5.74) is 7.94. The standard InChI is InChI=1S/C93H113F3N16O19S/c1-9-10-26-75-93(130)112-36-19-27-74(112)87(124)106-72(49-131-52-113)86(123)100-54(4)89(126)110(7)76(43-55-20-13-11-14-21-55)88(125)105-70(41-58-30-34-62(115)35-31-58)90(127)108(5)48-79(117)101-69(45-60-46-98-66-25-18-17-24-63(60)66)85(122)104-68(40-57-28-32-61(114)33-29-57)84(121)103-67(37-53(2)3)83(120)107-73(82(119)99-47-78(97)116)50-132-51-80(118)102-71(42-59-38-64(94)81(96)65(95)39-59)91(128)111(8)77(92(129)109(75)6)44-56-22-15-12-16-23-56/h11-18,20-25,28-35,38-39,46,52-54,67-77,98,114-115H,9-10,19,26-27,36-37,40-45,47-51H2,1-8H3,(H2,97,116)(H,99,119)(H,100,123)(H,101,117)(H,102,118)(H,103,121)(H,104,122)(H,105,125)(H,106,124)(H,107,120)/t54-,67-,68-,69-,70-,71-,72-,73-,74+,75-,76-,77-/m0/s1. The Hall–Kier alpha value is -13.9. The first-order valence-corrected chi connectivity index (χ1v) is 44.3. The van der Waals surface area contributed by atoms with Gasteiger partial charge in [-0.1, -0.05) is 137 Å². The van der Waals surface area contributed by atoms with E-state index in [1.54, 1.807) is 105 Å². The molecule has 3 heterocycles. The number of carbonyl (C=O) groups is 16. The second-order valence-electron chi connectivity index (χ2n) is 33.2. The summed E-state index contributed by atoms with van der Waals surface area (Å²) in [4.78, 5) is 243. The van der Waals surface area contributed by atoms with E-state index in [0.717, 1.165) is 19.6 Å². The SMILES string of the molecule is CCCC[C@H]1C(=O)N2CCC[C@@H]2C(=O)N[C@@H](COC=O)C(=O)N[C@@H](C)C(=O)N(C)[C@@H](Cc2ccccc2)C(=O)N[C@@H](Cc2ccc(O)cc2)C(=O)N(C)CC(=O)N[C@@H](Cc2c[nH]c3ccccc23)C(=O)N[C@@H](Cc2ccc(O)cc2)C(=O)N[C@@H](CC(C)C)C(=O)N[C@H](C(=O)NCC(N)=O)CSCC(=O)N[C@@H](Cc2cc(F)c(F)c(F)c2)C(=O)N(C)[C@@H](Cc2ccccc2)C(=O)N1C. The topological polar surface area (TPSA) is 489 Å². The van der Waals surface area contributed by atoms with Crippen LogP contribution in [0.15, 0.2) is 152 Å². The van der Waals surface area contributed by atoms with Gasteiger partial charge in [-0.15, -0.1) is 11.8 Å². The molecule has 0 bridgehead atoms. The number of carbonyl (C=O) groups excluding carboxylic acids is 16. The lowest BCUT2D eigenvalue weighted by molar-refractivity contribution is -0.152. The molecular formula is C93H113F3N16O19S. The lowest BCUT2D eigenvalue weighted by Crippen LogP contribution is -2.61. The molecular weight excluding hydrogens is 1730 g/mol. The summed E-state index contributed by atoms with van der Waals surface area (Å²) in [5.74, 6) is -21.5. The monoisotopic (exact) mass is 1850 g/mol. The number of hydrogen-bond acceptors (Lipinski definition) is 20. The molecule has 0 radical (unpaired) electrons. The number of hydrogen-bond donors (Lipinski definition) is 13. The first-order chi connectivity index (χ1) is 62.9. The number of ether oxygens (including phenoxy) is 1. The molecule has 9 rings (SSSR count). The lowest BCUT2D eigenvalue weighted by atomic mass is 9.99. The van der Waals surface area contributed by atoms with Crippen molar-refractivity contribution in [1.82, 2.24) is 77.3 Å². The number of amides is 15. The number of rotatable bonds is 23. The number of halogens is 3. The number of primary amides is 1. The zero-order chi connectivity index (χ0) is 96.2. The highest BCUT2D eigenvalue weighted by Crippen LogP contribution is 2.27. The summed E-state index contributed by atoms with van der Waals surface area (Å²) < 4.78 is 50.1. The van der Waals surface area contributed by atoms with Gasteiger partial charge in [0.1, 0.15) is 90.6 Å². The van der Waals surface area contributed by atoms with Gasteiger partial charge in [0.15, 0.2) is 17.5 Å². The Morgan fingerprint density at radius 3 is 1.65 bits per heavy atom. The first kappa shape index (κ1) is 102. The van der Waals surface area contributed by atoms with Crippen LogP contribution in [-0.2, 0) is 120 Å². The summed E-state index contributed by atoms with van der Waals surface area (Å²) in [5, 5.41) is 44.8. The molecule has 2 fully saturated rings. The fraction of sp³-hybridized carbons (Fsp3) is 0.419. The van der Waals surface area contributed by atoms with Crippen LogP contribution in [0.1, 0.15) is 99.6 Å². The van der Waals surface area contributed by atoms with E-state index in [2.05, 4.69) is 52.8 Å². The minimum Gasteiger partial charge on any atom is -0.508 e. The van der Waals surface area contributed by atoms with E-state index in [1.807, 2.05) is 6.92 Å². The number of thioether (sulfide) groups is 1. The number of aromatic nitrogens is 1. The van der Waals surface area contributed by atoms with E-state index in [-0.39, 0.29) is 87.9 Å². The van der Waals surface area contributed by atoms with Crippen molar-refractivity contribution in [2.24, 2.45) is 11.7 Å². The number of fused-ring (bicyclic) bond motifs is 2. The summed E-state index contributed by atoms with van der Waals surface area (Å²) in [6.45, 7) is 4.04. The van der Waals surface area contributed by atoms with Crippen LogP contribution in [0.2, 0.25) is 0 Å². The number of para-hydroxylation sites is 1. The molecule has 15 amide bonds. The zero-order valence-electron chi connectivity index (χ0n) is 74.4. The molecule has 35 nitrogen and oxygen atoms in total. The Morgan fingerprint density at radius 1 is 0.545 bits per heavy atom. The highest BCUT2D eigenvalue weighted by molar-refractivity contribution is 8.00. The Kier molecular flexibility index (Phi) is 37.6. The molecule has 0 spiro atoms. The number of phenols is 2. The van der Waals surface area contributed by atoms with E-state index in [1.165, 1.54) is 88.5 Å². The summed E-state index contributed by atoms with van der Waals surface area (Å²) in [7, 11) is 5.02. The number of unbranched alkanes of at least 4 members (excludes halogenated alkanes) is 1. The predicted molar refractivity (Wildman–Crippen MR) is 480 cm³/mol. The number of nitrogens with two attached hydrogens (primary N) is 1. The summed E-state index contributed by atoms with van der Waals surface area (Å²) >= 11 is 0.678. The van der Waals surface area contributed by atoms with Crippen molar-refractivity contribution in [1.29, 1.82) is 0 Å². The van der Waals surface area contributed by atoms with Crippen molar-refractivity contribution < 1.29 is 105 Å². The molecule has 0 saturated carbocycles. The third-order valence-corrected chi connectivity index (χ3v) is 23.8. The highest BCUT2D eigenvalue weighted by atomic mass is 32.2. The zero-order valence-corrected chi connectivity index (χ0v) is 75.3. The van der Waals surface area contributed by atoms with E-state index in [4.69, 9.17) is 10.5 Å². The predicted octanol–water partition coefficient (Wildman–Crippen LogP) is 2.34. The number of phenolic OH excluding ortho intramolecular Hbond substituents is 2. The van der Waals surface area contributed by atoms with Gasteiger partial charge in [0.25, 0.3) is 6.47 Å². The van der Waals surface area contributed by atoms with E-state index in [0.29, 0.717) is 75.5 Å². The van der Waals surface area contributed by atoms with Gasteiger partial charge in [-0.2, -0.15) is 0 Å². The Balaban J connectivity index is 1.12. The second kappa shape index (κ2) is 48.7. The maximum atomic E-state index is 15.7. The molecule has 7 aromatic rings. The Bertz CT molecular complexity index is 5250. The molecule has 2 aliphatic rings. The maximum Gasteiger partial charge on any atom is 0.293 e. The van der Waals surface area contributed by atoms with Crippen molar-refractivity contribution in [3.63, 3.8) is 0 Å². The number of benzene rings is 6. The van der Waals surface area contributed by atoms with Gasteiger partial charge in [0.2, 0.25) is 88.6 Å². The molecule has 132 heavy (non-hydrogen) atoms. The van der Waals surface area contributed by atoms with Crippen molar-refractivity contribution in [2.45, 2.75) is 177 Å². The van der Waals surface area contributed by atoms with Gasteiger partial charge in [-0.3, -0.25) is 76.7 Å². The number of nitrogens with zero attached hydrogens (tertiary/aromatic N) is 5. The van der Waals surface area contributed by atoms with E-state index < -0.39 is 222 Å². The van der Waals surface area contributed by atoms with Crippen molar-refractivity contribution >= 4 is 118 Å². The second-order valence-corrected chi connectivity index (χ2v) is 34.2. The number of aromatic amines is 1. The summed E-state index contributed by atoms with van der Waals surface area (Å²) in [6, 6.07) is 16.9. The van der Waals surface area contributed by atoms with Crippen molar-refractivity contribution in [3.05, 3.63) is 203 Å². The minimum atomic E-state index is -1.86. The molecule has 6 aromatic carbocycles. The Labute approximate surface area is 765 Å². The van der Waals surface area contributed by atoms with Crippen LogP contribution in [-0.4, -0.2) is 273 Å². The fourth-order valence-electron chi connectivity index (χ4n) is 15.7. The third-order valence-electron chi connectivity index (χ3n) is 22.8. The lowest BCUT2D eigenvalue weighted by Gasteiger charge is -2.38. The van der Waals surface area contributed by atoms with Crippen LogP contribution in [0.3, 0.4) is 0 Å². The number of nitrogens with one attached hydrogen (secondary N) is 10. The van der Waals surface area contributed by atoms with Crippen LogP contribution in [0.4, 0.5) is 13.2 Å². The van der Waals surface area contributed by atoms with Gasteiger partial charge in [-0.05, 0) is 114 Å². The van der Waals surface area contributed by atoms with Crippen LogP contribution in [0.5, 0.6) is 11.5 Å². The molecule has 706 valence electrons. The fourth-order valence-corrected chi connectivity index (χ4v) is 16.5. The van der Waals surface area contributed by atoms with Crippen LogP contribution in [0.25, 0.3) is 10.9 Å². The molecule has 1 aromatic heterocycles. The smallest absolute Gasteiger partial charge is 0.293 e. The van der Waals surface area contributed by atoms with Gasteiger partial charge < -0.3 is 98.0 Å². The molecule has 14 N–H and O–H groups in total. The first-order valence-electron chi connectivity index (χ1n) is 43.2. The number of likely N-dealkylation sites (N-methyl/N-ethyl adjacent to an activating group) is 4. The van der Waals surface area contributed by atoms with Crippen LogP contribution < -0.4 is 53.6 Å². The summed E-state index contributed by atoms with van der Waals surface area (Å²) in [6.07, 6.45) is 0.250. The largest absolute Gasteiger partial charge is 0.508 e.